The largest absolute Gasteiger partial charge is 0.493 e. The van der Waals surface area contributed by atoms with E-state index in [4.69, 9.17) is 28.4 Å². The van der Waals surface area contributed by atoms with Crippen LogP contribution in [-0.4, -0.2) is 78.3 Å². The summed E-state index contributed by atoms with van der Waals surface area (Å²) >= 11 is 0. The summed E-state index contributed by atoms with van der Waals surface area (Å²) in [5.74, 6) is -0.819. The van der Waals surface area contributed by atoms with Gasteiger partial charge >= 0.3 is 12.1 Å². The zero-order chi connectivity index (χ0) is 32.6. The minimum absolute atomic E-state index is 0.200. The minimum Gasteiger partial charge on any atom is -0.493 e. The Morgan fingerprint density at radius 2 is 0.682 bits per heavy atom. The first-order valence-electron chi connectivity index (χ1n) is 12.4. The SMILES string of the molecule is COc1cc(C=C2C(=O)NC(=O)NC2=O)cc(OC)c1OC.COc1cc(C=C2C(=O)NC(=O)NC2=O)cc(OC)c1OC. The van der Waals surface area contributed by atoms with Crippen LogP contribution in [0.5, 0.6) is 34.5 Å². The standard InChI is InChI=1S/2C14H14N2O6/c2*1-20-9-5-7(6-10(21-2)11(9)22-3)4-8-12(17)15-14(19)16-13(8)18/h2*4-6H,1-3H3,(H2,15,16,17,18,19). The van der Waals surface area contributed by atoms with Gasteiger partial charge in [-0.1, -0.05) is 0 Å². The van der Waals surface area contributed by atoms with Gasteiger partial charge in [-0.3, -0.25) is 40.4 Å². The molecule has 4 rings (SSSR count). The van der Waals surface area contributed by atoms with E-state index < -0.39 is 35.7 Å². The number of carbonyl (C=O) groups excluding carboxylic acids is 6. The maximum Gasteiger partial charge on any atom is 0.328 e. The number of barbiturate groups is 2. The van der Waals surface area contributed by atoms with Crippen molar-refractivity contribution in [2.45, 2.75) is 0 Å². The van der Waals surface area contributed by atoms with Gasteiger partial charge in [0, 0.05) is 0 Å². The molecule has 8 amide bonds. The van der Waals surface area contributed by atoms with Gasteiger partial charge in [-0.05, 0) is 47.5 Å². The molecule has 16 heteroatoms. The molecule has 2 heterocycles. The number of imide groups is 4. The lowest BCUT2D eigenvalue weighted by atomic mass is 10.1. The molecule has 2 aromatic rings. The molecule has 232 valence electrons. The van der Waals surface area contributed by atoms with Crippen LogP contribution in [0, 0.1) is 0 Å². The highest BCUT2D eigenvalue weighted by Crippen LogP contribution is 2.39. The van der Waals surface area contributed by atoms with E-state index in [1.807, 2.05) is 21.3 Å². The van der Waals surface area contributed by atoms with Crippen molar-refractivity contribution in [3.8, 4) is 34.5 Å². The summed E-state index contributed by atoms with van der Waals surface area (Å²) in [6.45, 7) is 0. The predicted molar refractivity (Wildman–Crippen MR) is 152 cm³/mol. The first-order valence-corrected chi connectivity index (χ1v) is 12.4. The normalized spacial score (nSPS) is 14.1. The van der Waals surface area contributed by atoms with E-state index in [9.17, 15) is 28.8 Å². The van der Waals surface area contributed by atoms with Gasteiger partial charge in [-0.15, -0.1) is 0 Å². The zero-order valence-corrected chi connectivity index (χ0v) is 24.4. The van der Waals surface area contributed by atoms with Gasteiger partial charge in [0.2, 0.25) is 11.5 Å². The average molecular weight is 613 g/mol. The molecule has 4 N–H and O–H groups in total. The monoisotopic (exact) mass is 612 g/mol. The lowest BCUT2D eigenvalue weighted by Crippen LogP contribution is -2.51. The molecule has 0 bridgehead atoms. The molecule has 2 aliphatic rings. The number of hydrogen-bond acceptors (Lipinski definition) is 12. The van der Waals surface area contributed by atoms with Crippen LogP contribution in [0.4, 0.5) is 9.59 Å². The summed E-state index contributed by atoms with van der Waals surface area (Å²) in [6, 6.07) is 4.60. The fourth-order valence-corrected chi connectivity index (χ4v) is 3.92. The molecule has 2 fully saturated rings. The van der Waals surface area contributed by atoms with Crippen LogP contribution in [0.3, 0.4) is 0 Å². The Morgan fingerprint density at radius 1 is 0.432 bits per heavy atom. The van der Waals surface area contributed by atoms with Crippen molar-refractivity contribution in [1.29, 1.82) is 0 Å². The molecular weight excluding hydrogens is 584 g/mol. The number of rotatable bonds is 8. The van der Waals surface area contributed by atoms with Crippen molar-refractivity contribution in [1.82, 2.24) is 21.3 Å². The van der Waals surface area contributed by atoms with Gasteiger partial charge in [0.1, 0.15) is 11.1 Å². The van der Waals surface area contributed by atoms with E-state index in [2.05, 4.69) is 0 Å². The van der Waals surface area contributed by atoms with E-state index in [1.54, 1.807) is 24.3 Å². The summed E-state index contributed by atoms with van der Waals surface area (Å²) < 4.78 is 31.1. The second kappa shape index (κ2) is 14.2. The molecule has 16 nitrogen and oxygen atoms in total. The summed E-state index contributed by atoms with van der Waals surface area (Å²) in [6.07, 6.45) is 2.64. The molecular formula is C28H28N4O12. The number of carbonyl (C=O) groups is 6. The second-order valence-electron chi connectivity index (χ2n) is 8.51. The smallest absolute Gasteiger partial charge is 0.328 e. The summed E-state index contributed by atoms with van der Waals surface area (Å²) in [7, 11) is 8.73. The number of nitrogens with one attached hydrogen (secondary N) is 4. The van der Waals surface area contributed by atoms with Crippen molar-refractivity contribution < 1.29 is 57.2 Å². The fourth-order valence-electron chi connectivity index (χ4n) is 3.92. The van der Waals surface area contributed by atoms with Crippen LogP contribution in [0.2, 0.25) is 0 Å². The minimum atomic E-state index is -0.850. The Labute approximate surface area is 250 Å². The molecule has 2 saturated heterocycles. The molecule has 0 spiro atoms. The van der Waals surface area contributed by atoms with Crippen molar-refractivity contribution in [2.75, 3.05) is 42.7 Å². The molecule has 2 aromatic carbocycles. The fraction of sp³-hybridized carbons (Fsp3) is 0.214. The topological polar surface area (TPSA) is 206 Å². The average Bonchev–Trinajstić information content (AvgIpc) is 2.99. The van der Waals surface area contributed by atoms with Gasteiger partial charge in [0.25, 0.3) is 23.6 Å². The lowest BCUT2D eigenvalue weighted by molar-refractivity contribution is -0.125. The number of benzene rings is 2. The van der Waals surface area contributed by atoms with Gasteiger partial charge < -0.3 is 28.4 Å². The molecule has 2 aliphatic heterocycles. The number of hydrogen-bond donors (Lipinski definition) is 4. The zero-order valence-electron chi connectivity index (χ0n) is 24.4. The Bertz CT molecular complexity index is 1380. The van der Waals surface area contributed by atoms with Gasteiger partial charge in [-0.2, -0.15) is 0 Å². The third-order valence-corrected chi connectivity index (χ3v) is 5.88. The van der Waals surface area contributed by atoms with E-state index in [-0.39, 0.29) is 11.1 Å². The highest BCUT2D eigenvalue weighted by molar-refractivity contribution is 6.31. The van der Waals surface area contributed by atoms with E-state index in [1.165, 1.54) is 54.8 Å². The van der Waals surface area contributed by atoms with Crippen LogP contribution in [0.15, 0.2) is 35.4 Å². The molecule has 0 aliphatic carbocycles. The molecule has 44 heavy (non-hydrogen) atoms. The molecule has 0 atom stereocenters. The molecule has 0 saturated carbocycles. The quantitative estimate of drug-likeness (QED) is 0.243. The van der Waals surface area contributed by atoms with Crippen LogP contribution < -0.4 is 49.7 Å². The Morgan fingerprint density at radius 3 is 0.886 bits per heavy atom. The maximum absolute atomic E-state index is 11.7. The Hall–Kier alpha value is -6.06. The molecule has 0 unspecified atom stereocenters. The Kier molecular flexibility index (Phi) is 10.5. The molecule has 0 radical (unpaired) electrons. The van der Waals surface area contributed by atoms with Gasteiger partial charge in [0.05, 0.1) is 42.7 Å². The first-order chi connectivity index (χ1) is 21.0. The van der Waals surface area contributed by atoms with Crippen LogP contribution in [0.25, 0.3) is 12.2 Å². The number of urea groups is 2. The third-order valence-electron chi connectivity index (χ3n) is 5.88. The van der Waals surface area contributed by atoms with Crippen LogP contribution in [-0.2, 0) is 19.2 Å². The summed E-state index contributed by atoms with van der Waals surface area (Å²) in [5, 5.41) is 7.98. The van der Waals surface area contributed by atoms with Crippen molar-refractivity contribution in [3.05, 3.63) is 46.5 Å². The summed E-state index contributed by atoms with van der Waals surface area (Å²) in [5.41, 5.74) is 0.552. The highest BCUT2D eigenvalue weighted by atomic mass is 16.5. The lowest BCUT2D eigenvalue weighted by Gasteiger charge is -2.15. The number of amides is 8. The van der Waals surface area contributed by atoms with Gasteiger partial charge in [0.15, 0.2) is 23.0 Å². The Balaban J connectivity index is 0.000000240. The van der Waals surface area contributed by atoms with E-state index in [0.29, 0.717) is 45.6 Å². The highest BCUT2D eigenvalue weighted by Gasteiger charge is 2.29. The van der Waals surface area contributed by atoms with Crippen LogP contribution >= 0.6 is 0 Å². The third kappa shape index (κ3) is 7.22. The van der Waals surface area contributed by atoms with Crippen molar-refractivity contribution >= 4 is 47.8 Å². The van der Waals surface area contributed by atoms with Crippen molar-refractivity contribution in [2.24, 2.45) is 0 Å². The van der Waals surface area contributed by atoms with Crippen molar-refractivity contribution in [3.63, 3.8) is 0 Å². The van der Waals surface area contributed by atoms with Gasteiger partial charge in [-0.25, -0.2) is 9.59 Å². The predicted octanol–water partition coefficient (Wildman–Crippen LogP) is 0.924. The first kappa shape index (κ1) is 32.5. The van der Waals surface area contributed by atoms with E-state index in [0.717, 1.165) is 0 Å². The van der Waals surface area contributed by atoms with E-state index >= 15 is 0 Å². The van der Waals surface area contributed by atoms with Crippen LogP contribution in [0.1, 0.15) is 11.1 Å². The summed E-state index contributed by atoms with van der Waals surface area (Å²) in [4.78, 5) is 68.9. The second-order valence-corrected chi connectivity index (χ2v) is 8.51. The number of ether oxygens (including phenoxy) is 6. The maximum atomic E-state index is 11.7. The molecule has 0 aromatic heterocycles. The number of methoxy groups -OCH3 is 6.